The van der Waals surface area contributed by atoms with E-state index in [9.17, 15) is 9.18 Å². The summed E-state index contributed by atoms with van der Waals surface area (Å²) in [4.78, 5) is 13.3. The molecule has 1 aromatic heterocycles. The summed E-state index contributed by atoms with van der Waals surface area (Å²) in [7, 11) is 0. The van der Waals surface area contributed by atoms with Gasteiger partial charge >= 0.3 is 0 Å². The molecule has 5 rings (SSSR count). The fourth-order valence-electron chi connectivity index (χ4n) is 4.82. The van der Waals surface area contributed by atoms with Crippen molar-refractivity contribution in [3.05, 3.63) is 88.5 Å². The summed E-state index contributed by atoms with van der Waals surface area (Å²) in [6, 6.07) is 16.5. The molecular formula is C25H24FN3O. The highest BCUT2D eigenvalue weighted by Crippen LogP contribution is 2.50. The number of para-hydroxylation sites is 1. The average Bonchev–Trinajstić information content (AvgIpc) is 3.03. The minimum absolute atomic E-state index is 0.111. The van der Waals surface area contributed by atoms with Crippen LogP contribution in [0.4, 0.5) is 10.2 Å². The zero-order chi connectivity index (χ0) is 21.0. The summed E-state index contributed by atoms with van der Waals surface area (Å²) in [5.74, 6) is 0.505. The van der Waals surface area contributed by atoms with Gasteiger partial charge in [-0.1, -0.05) is 44.2 Å². The van der Waals surface area contributed by atoms with Crippen molar-refractivity contribution in [1.82, 2.24) is 9.78 Å². The molecule has 0 saturated carbocycles. The highest BCUT2D eigenvalue weighted by atomic mass is 19.1. The fourth-order valence-corrected chi connectivity index (χ4v) is 4.82. The molecule has 1 N–H and O–H groups in total. The Bertz CT molecular complexity index is 1170. The van der Waals surface area contributed by atoms with Crippen LogP contribution in [0, 0.1) is 18.2 Å². The van der Waals surface area contributed by atoms with Gasteiger partial charge in [0.2, 0.25) is 0 Å². The van der Waals surface area contributed by atoms with Crippen LogP contribution in [0.2, 0.25) is 0 Å². The molecule has 0 unspecified atom stereocenters. The lowest BCUT2D eigenvalue weighted by molar-refractivity contribution is -0.118. The predicted molar refractivity (Wildman–Crippen MR) is 115 cm³/mol. The van der Waals surface area contributed by atoms with Crippen molar-refractivity contribution in [2.45, 2.75) is 39.5 Å². The van der Waals surface area contributed by atoms with Crippen molar-refractivity contribution in [3.63, 3.8) is 0 Å². The van der Waals surface area contributed by atoms with Gasteiger partial charge in [-0.3, -0.25) is 4.79 Å². The zero-order valence-corrected chi connectivity index (χ0v) is 17.4. The predicted octanol–water partition coefficient (Wildman–Crippen LogP) is 5.52. The summed E-state index contributed by atoms with van der Waals surface area (Å²) in [6.07, 6.45) is 1.29. The topological polar surface area (TPSA) is 46.9 Å². The van der Waals surface area contributed by atoms with Gasteiger partial charge in [-0.2, -0.15) is 5.10 Å². The van der Waals surface area contributed by atoms with E-state index in [1.807, 2.05) is 41.9 Å². The monoisotopic (exact) mass is 401 g/mol. The number of fused-ring (bicyclic) bond motifs is 1. The van der Waals surface area contributed by atoms with Crippen molar-refractivity contribution >= 4 is 11.6 Å². The number of hydrogen-bond donors (Lipinski definition) is 1. The number of Topliss-reactive ketones (excluding diaryl/α,β-unsaturated/α-hetero) is 1. The number of benzene rings is 2. The molecule has 1 aliphatic heterocycles. The maximum absolute atomic E-state index is 13.7. The molecule has 0 bridgehead atoms. The lowest BCUT2D eigenvalue weighted by atomic mass is 9.69. The van der Waals surface area contributed by atoms with Gasteiger partial charge in [-0.15, -0.1) is 0 Å². The van der Waals surface area contributed by atoms with E-state index in [0.29, 0.717) is 6.42 Å². The second kappa shape index (κ2) is 6.66. The summed E-state index contributed by atoms with van der Waals surface area (Å²) >= 11 is 0. The number of rotatable bonds is 2. The first-order valence-electron chi connectivity index (χ1n) is 10.3. The second-order valence-corrected chi connectivity index (χ2v) is 9.04. The summed E-state index contributed by atoms with van der Waals surface area (Å²) in [5, 5.41) is 8.39. The van der Waals surface area contributed by atoms with E-state index in [-0.39, 0.29) is 22.9 Å². The van der Waals surface area contributed by atoms with Crippen molar-refractivity contribution < 1.29 is 9.18 Å². The van der Waals surface area contributed by atoms with Gasteiger partial charge < -0.3 is 5.32 Å². The number of aromatic nitrogens is 2. The van der Waals surface area contributed by atoms with Gasteiger partial charge in [0.15, 0.2) is 5.78 Å². The molecule has 152 valence electrons. The Labute approximate surface area is 175 Å². The van der Waals surface area contributed by atoms with Gasteiger partial charge in [0.1, 0.15) is 11.6 Å². The fraction of sp³-hybridized carbons (Fsp3) is 0.280. The van der Waals surface area contributed by atoms with Crippen LogP contribution in [0.1, 0.15) is 49.4 Å². The molecule has 0 amide bonds. The maximum atomic E-state index is 13.7. The summed E-state index contributed by atoms with van der Waals surface area (Å²) in [6.45, 7) is 6.22. The molecule has 5 heteroatoms. The second-order valence-electron chi connectivity index (χ2n) is 9.04. The molecule has 0 fully saturated rings. The SMILES string of the molecule is Cc1nn(-c2ccccc2)c2c1[C@H](c1ccc(F)cc1)C1=C(CC(C)(C)CC1=O)N2. The number of nitrogens with one attached hydrogen (secondary N) is 1. The van der Waals surface area contributed by atoms with Crippen LogP contribution in [0.15, 0.2) is 65.9 Å². The Morgan fingerprint density at radius 1 is 1.07 bits per heavy atom. The van der Waals surface area contributed by atoms with Gasteiger partial charge in [0.05, 0.1) is 11.4 Å². The highest BCUT2D eigenvalue weighted by Gasteiger charge is 2.42. The Balaban J connectivity index is 1.76. The molecule has 4 nitrogen and oxygen atoms in total. The van der Waals surface area contributed by atoms with Crippen LogP contribution in [0.25, 0.3) is 5.69 Å². The van der Waals surface area contributed by atoms with Crippen LogP contribution < -0.4 is 5.32 Å². The number of carbonyl (C=O) groups excluding carboxylic acids is 1. The number of nitrogens with zero attached hydrogens (tertiary/aromatic N) is 2. The molecule has 0 radical (unpaired) electrons. The van der Waals surface area contributed by atoms with Crippen LogP contribution >= 0.6 is 0 Å². The van der Waals surface area contributed by atoms with E-state index in [2.05, 4.69) is 19.2 Å². The third-order valence-corrected chi connectivity index (χ3v) is 6.08. The molecule has 30 heavy (non-hydrogen) atoms. The average molecular weight is 401 g/mol. The first kappa shape index (κ1) is 18.8. The molecule has 2 aromatic carbocycles. The number of aryl methyl sites for hydroxylation is 1. The quantitative estimate of drug-likeness (QED) is 0.615. The van der Waals surface area contributed by atoms with Crippen molar-refractivity contribution in [1.29, 1.82) is 0 Å². The molecule has 2 aliphatic rings. The maximum Gasteiger partial charge on any atom is 0.162 e. The minimum Gasteiger partial charge on any atom is -0.343 e. The largest absolute Gasteiger partial charge is 0.343 e. The lowest BCUT2D eigenvalue weighted by Crippen LogP contribution is -2.34. The van der Waals surface area contributed by atoms with Crippen LogP contribution in [-0.2, 0) is 4.79 Å². The standard InChI is InChI=1S/C25H24FN3O/c1-15-21-22(16-9-11-17(26)12-10-16)23-19(13-25(2,3)14-20(23)30)27-24(21)29(28-15)18-7-5-4-6-8-18/h4-12,22,27H,13-14H2,1-3H3/t22-/m0/s1. The van der Waals surface area contributed by atoms with Gasteiger partial charge in [0, 0.05) is 29.2 Å². The van der Waals surface area contributed by atoms with Gasteiger partial charge in [-0.25, -0.2) is 9.07 Å². The first-order chi connectivity index (χ1) is 14.3. The van der Waals surface area contributed by atoms with Crippen molar-refractivity contribution in [3.8, 4) is 5.69 Å². The van der Waals surface area contributed by atoms with Crippen molar-refractivity contribution in [2.24, 2.45) is 5.41 Å². The smallest absolute Gasteiger partial charge is 0.162 e. The Hall–Kier alpha value is -3.21. The molecular weight excluding hydrogens is 377 g/mol. The van der Waals surface area contributed by atoms with Gasteiger partial charge in [0.25, 0.3) is 0 Å². The zero-order valence-electron chi connectivity index (χ0n) is 17.4. The van der Waals surface area contributed by atoms with E-state index in [4.69, 9.17) is 5.10 Å². The van der Waals surface area contributed by atoms with Crippen LogP contribution in [-0.4, -0.2) is 15.6 Å². The van der Waals surface area contributed by atoms with E-state index in [0.717, 1.165) is 46.0 Å². The minimum atomic E-state index is -0.282. The number of halogens is 1. The van der Waals surface area contributed by atoms with E-state index >= 15 is 0 Å². The van der Waals surface area contributed by atoms with Crippen LogP contribution in [0.3, 0.4) is 0 Å². The summed E-state index contributed by atoms with van der Waals surface area (Å²) in [5.41, 5.74) is 5.35. The molecule has 2 heterocycles. The van der Waals surface area contributed by atoms with Gasteiger partial charge in [-0.05, 0) is 48.6 Å². The van der Waals surface area contributed by atoms with E-state index in [1.165, 1.54) is 12.1 Å². The molecule has 1 atom stereocenters. The number of hydrogen-bond acceptors (Lipinski definition) is 3. The van der Waals surface area contributed by atoms with Crippen LogP contribution in [0.5, 0.6) is 0 Å². The first-order valence-corrected chi connectivity index (χ1v) is 10.3. The number of anilines is 1. The molecule has 0 saturated heterocycles. The third-order valence-electron chi connectivity index (χ3n) is 6.08. The molecule has 3 aromatic rings. The number of allylic oxidation sites excluding steroid dienone is 2. The Morgan fingerprint density at radius 3 is 2.47 bits per heavy atom. The molecule has 1 aliphatic carbocycles. The Morgan fingerprint density at radius 2 is 1.77 bits per heavy atom. The van der Waals surface area contributed by atoms with E-state index in [1.54, 1.807) is 12.1 Å². The lowest BCUT2D eigenvalue weighted by Gasteiger charge is -2.38. The van der Waals surface area contributed by atoms with Crippen molar-refractivity contribution in [2.75, 3.05) is 5.32 Å². The third kappa shape index (κ3) is 2.96. The summed E-state index contributed by atoms with van der Waals surface area (Å²) < 4.78 is 15.6. The number of ketones is 1. The normalized spacial score (nSPS) is 19.9. The van der Waals surface area contributed by atoms with E-state index < -0.39 is 0 Å². The molecule has 0 spiro atoms. The Kier molecular flexibility index (Phi) is 4.17. The highest BCUT2D eigenvalue weighted by molar-refractivity contribution is 6.01. The number of carbonyl (C=O) groups is 1.